The van der Waals surface area contributed by atoms with Crippen LogP contribution in [-0.2, 0) is 0 Å². The van der Waals surface area contributed by atoms with Gasteiger partial charge >= 0.3 is 0 Å². The number of carbonyl (C=O) groups excluding carboxylic acids is 1. The summed E-state index contributed by atoms with van der Waals surface area (Å²) < 4.78 is 1.90. The summed E-state index contributed by atoms with van der Waals surface area (Å²) >= 11 is 0. The fraction of sp³-hybridized carbons (Fsp3) is 0.500. The van der Waals surface area contributed by atoms with Gasteiger partial charge in [-0.1, -0.05) is 18.9 Å². The van der Waals surface area contributed by atoms with E-state index in [2.05, 4.69) is 4.90 Å². The number of pyridine rings is 1. The first-order valence-electron chi connectivity index (χ1n) is 7.57. The van der Waals surface area contributed by atoms with Gasteiger partial charge < -0.3 is 4.90 Å². The zero-order valence-corrected chi connectivity index (χ0v) is 11.5. The second kappa shape index (κ2) is 4.62. The number of hydrogen-bond acceptors (Lipinski definition) is 3. The molecule has 0 bridgehead atoms. The van der Waals surface area contributed by atoms with Crippen molar-refractivity contribution in [3.63, 3.8) is 0 Å². The lowest BCUT2D eigenvalue weighted by Crippen LogP contribution is -2.35. The van der Waals surface area contributed by atoms with E-state index in [-0.39, 0.29) is 0 Å². The van der Waals surface area contributed by atoms with Gasteiger partial charge in [0.15, 0.2) is 12.1 Å². The molecule has 1 saturated heterocycles. The first-order chi connectivity index (χ1) is 9.88. The van der Waals surface area contributed by atoms with Crippen molar-refractivity contribution in [2.75, 3.05) is 11.4 Å². The van der Waals surface area contributed by atoms with Crippen molar-refractivity contribution in [3.05, 3.63) is 30.1 Å². The van der Waals surface area contributed by atoms with Crippen molar-refractivity contribution in [2.24, 2.45) is 5.92 Å². The average Bonchev–Trinajstić information content (AvgIpc) is 3.07. The van der Waals surface area contributed by atoms with E-state index in [9.17, 15) is 4.79 Å². The fourth-order valence-corrected chi connectivity index (χ4v) is 3.99. The van der Waals surface area contributed by atoms with E-state index in [1.54, 1.807) is 0 Å². The number of nitrogens with zero attached hydrogens (tertiary/aromatic N) is 3. The number of hydrogen-bond donors (Lipinski definition) is 0. The van der Waals surface area contributed by atoms with E-state index in [0.717, 1.165) is 30.2 Å². The monoisotopic (exact) mass is 269 g/mol. The minimum Gasteiger partial charge on any atom is -0.351 e. The van der Waals surface area contributed by atoms with Crippen LogP contribution in [0.4, 0.5) is 5.82 Å². The maximum atomic E-state index is 11.5. The van der Waals surface area contributed by atoms with E-state index in [4.69, 9.17) is 4.98 Å². The second-order valence-electron chi connectivity index (χ2n) is 5.96. The van der Waals surface area contributed by atoms with E-state index in [1.807, 2.05) is 28.8 Å². The van der Waals surface area contributed by atoms with Gasteiger partial charge in [0.1, 0.15) is 11.3 Å². The predicted octanol–water partition coefficient (Wildman–Crippen LogP) is 2.92. The first-order valence-corrected chi connectivity index (χ1v) is 7.57. The van der Waals surface area contributed by atoms with Crippen molar-refractivity contribution in [1.82, 2.24) is 9.38 Å². The molecule has 3 heterocycles. The van der Waals surface area contributed by atoms with Crippen molar-refractivity contribution in [2.45, 2.75) is 38.1 Å². The van der Waals surface area contributed by atoms with Crippen LogP contribution in [0.3, 0.4) is 0 Å². The van der Waals surface area contributed by atoms with Crippen LogP contribution in [0.2, 0.25) is 0 Å². The van der Waals surface area contributed by atoms with Crippen LogP contribution >= 0.6 is 0 Å². The Bertz CT molecular complexity index is 648. The molecule has 1 saturated carbocycles. The number of carbonyl (C=O) groups is 1. The molecule has 2 aromatic rings. The molecule has 1 aliphatic carbocycles. The van der Waals surface area contributed by atoms with E-state index in [0.29, 0.717) is 11.7 Å². The molecule has 1 aliphatic heterocycles. The highest BCUT2D eigenvalue weighted by atomic mass is 16.1. The Hall–Kier alpha value is -1.84. The van der Waals surface area contributed by atoms with Gasteiger partial charge in [0.2, 0.25) is 0 Å². The number of aromatic nitrogens is 2. The largest absolute Gasteiger partial charge is 0.351 e. The summed E-state index contributed by atoms with van der Waals surface area (Å²) in [6.07, 6.45) is 9.37. The lowest BCUT2D eigenvalue weighted by atomic mass is 9.85. The molecule has 4 nitrogen and oxygen atoms in total. The van der Waals surface area contributed by atoms with Gasteiger partial charge in [-0.15, -0.1) is 0 Å². The summed E-state index contributed by atoms with van der Waals surface area (Å²) in [4.78, 5) is 18.6. The Kier molecular flexibility index (Phi) is 2.76. The smallest absolute Gasteiger partial charge is 0.170 e. The lowest BCUT2D eigenvalue weighted by molar-refractivity contribution is 0.111. The molecule has 0 spiro atoms. The highest BCUT2D eigenvalue weighted by Gasteiger charge is 2.37. The van der Waals surface area contributed by atoms with Gasteiger partial charge in [-0.25, -0.2) is 4.98 Å². The molecule has 2 unspecified atom stereocenters. The van der Waals surface area contributed by atoms with Crippen molar-refractivity contribution < 1.29 is 4.79 Å². The van der Waals surface area contributed by atoms with Crippen LogP contribution in [0, 0.1) is 5.92 Å². The maximum absolute atomic E-state index is 11.5. The van der Waals surface area contributed by atoms with Crippen LogP contribution in [0.25, 0.3) is 5.65 Å². The van der Waals surface area contributed by atoms with Gasteiger partial charge in [-0.3, -0.25) is 9.20 Å². The molecule has 0 N–H and O–H groups in total. The molecular weight excluding hydrogens is 250 g/mol. The number of imidazole rings is 1. The third-order valence-electron chi connectivity index (χ3n) is 4.94. The quantitative estimate of drug-likeness (QED) is 0.787. The summed E-state index contributed by atoms with van der Waals surface area (Å²) in [5.41, 5.74) is 1.57. The SMILES string of the molecule is O=Cc1c(N2CCC3CCCCC32)nc2ccccn12. The van der Waals surface area contributed by atoms with Gasteiger partial charge in [0.25, 0.3) is 0 Å². The Morgan fingerprint density at radius 3 is 3.00 bits per heavy atom. The highest BCUT2D eigenvalue weighted by Crippen LogP contribution is 2.39. The van der Waals surface area contributed by atoms with Gasteiger partial charge in [0, 0.05) is 18.8 Å². The van der Waals surface area contributed by atoms with Gasteiger partial charge in [-0.2, -0.15) is 0 Å². The Morgan fingerprint density at radius 1 is 1.20 bits per heavy atom. The molecule has 20 heavy (non-hydrogen) atoms. The second-order valence-corrected chi connectivity index (χ2v) is 5.96. The van der Waals surface area contributed by atoms with E-state index in [1.165, 1.54) is 32.1 Å². The molecule has 2 aliphatic rings. The molecule has 2 aromatic heterocycles. The van der Waals surface area contributed by atoms with Crippen LogP contribution in [0.1, 0.15) is 42.6 Å². The zero-order chi connectivity index (χ0) is 13.5. The van der Waals surface area contributed by atoms with Crippen molar-refractivity contribution in [3.8, 4) is 0 Å². The predicted molar refractivity (Wildman–Crippen MR) is 78.3 cm³/mol. The minimum atomic E-state index is 0.590. The summed E-state index contributed by atoms with van der Waals surface area (Å²) in [5.74, 6) is 1.69. The molecule has 4 rings (SSSR count). The molecule has 4 heteroatoms. The number of rotatable bonds is 2. The first kappa shape index (κ1) is 11.9. The number of aldehydes is 1. The number of anilines is 1. The molecule has 104 valence electrons. The molecule has 0 radical (unpaired) electrons. The van der Waals surface area contributed by atoms with E-state index < -0.39 is 0 Å². The van der Waals surface area contributed by atoms with Gasteiger partial charge in [-0.05, 0) is 37.3 Å². The van der Waals surface area contributed by atoms with Crippen molar-refractivity contribution >= 4 is 17.8 Å². The van der Waals surface area contributed by atoms with Crippen LogP contribution in [0.5, 0.6) is 0 Å². The molecule has 2 atom stereocenters. The van der Waals surface area contributed by atoms with E-state index >= 15 is 0 Å². The Morgan fingerprint density at radius 2 is 2.10 bits per heavy atom. The van der Waals surface area contributed by atoms with Crippen molar-refractivity contribution in [1.29, 1.82) is 0 Å². The highest BCUT2D eigenvalue weighted by molar-refractivity contribution is 5.83. The van der Waals surface area contributed by atoms with Gasteiger partial charge in [0.05, 0.1) is 0 Å². The number of fused-ring (bicyclic) bond motifs is 2. The molecule has 0 aromatic carbocycles. The summed E-state index contributed by atoms with van der Waals surface area (Å²) in [7, 11) is 0. The molecule has 0 amide bonds. The maximum Gasteiger partial charge on any atom is 0.170 e. The average molecular weight is 269 g/mol. The summed E-state index contributed by atoms with van der Waals surface area (Å²) in [6, 6.07) is 6.46. The molecular formula is C16H19N3O. The molecule has 2 fully saturated rings. The topological polar surface area (TPSA) is 37.6 Å². The Balaban J connectivity index is 1.80. The third kappa shape index (κ3) is 1.67. The van der Waals surface area contributed by atoms with Crippen LogP contribution in [0.15, 0.2) is 24.4 Å². The van der Waals surface area contributed by atoms with Crippen LogP contribution in [-0.4, -0.2) is 28.3 Å². The Labute approximate surface area is 118 Å². The normalized spacial score (nSPS) is 25.9. The third-order valence-corrected chi connectivity index (χ3v) is 4.94. The standard InChI is InChI=1S/C16H19N3O/c20-11-14-16(17-15-7-3-4-9-18(14)15)19-10-8-12-5-1-2-6-13(12)19/h3-4,7,9,11-13H,1-2,5-6,8,10H2. The minimum absolute atomic E-state index is 0.590. The summed E-state index contributed by atoms with van der Waals surface area (Å²) in [5, 5.41) is 0. The lowest BCUT2D eigenvalue weighted by Gasteiger charge is -2.32. The van der Waals surface area contributed by atoms with Crippen LogP contribution < -0.4 is 4.90 Å². The fourth-order valence-electron chi connectivity index (χ4n) is 3.99. The zero-order valence-electron chi connectivity index (χ0n) is 11.5. The summed E-state index contributed by atoms with van der Waals surface area (Å²) in [6.45, 7) is 1.04.